The maximum Gasteiger partial charge on any atom is 0.223 e. The van der Waals surface area contributed by atoms with Crippen LogP contribution < -0.4 is 14.8 Å². The van der Waals surface area contributed by atoms with E-state index in [1.165, 1.54) is 31.0 Å². The van der Waals surface area contributed by atoms with Gasteiger partial charge in [-0.25, -0.2) is 14.2 Å². The number of nitrogens with one attached hydrogen (secondary N) is 2. The van der Waals surface area contributed by atoms with Crippen LogP contribution in [0.1, 0.15) is 44.7 Å². The Hall–Kier alpha value is -3.33. The second-order valence-corrected chi connectivity index (χ2v) is 12.0. The SMILES string of the molecule is C=CS/C(=C(\C)Oc1ccc(NS(=O)c2ccccc2Cl)c2ccccc12)c1ccnc(NC2CCCCC2)n1. The molecule has 40 heavy (non-hydrogen) atoms. The first-order valence-electron chi connectivity index (χ1n) is 13.2. The molecule has 0 amide bonds. The van der Waals surface area contributed by atoms with E-state index in [1.807, 2.05) is 61.5 Å². The Morgan fingerprint density at radius 1 is 1.05 bits per heavy atom. The first-order chi connectivity index (χ1) is 19.5. The molecular formula is C31H31ClN4O2S2. The minimum atomic E-state index is -1.53. The van der Waals surface area contributed by atoms with E-state index in [0.29, 0.717) is 33.4 Å². The zero-order chi connectivity index (χ0) is 27.9. The lowest BCUT2D eigenvalue weighted by Gasteiger charge is -2.23. The molecule has 0 saturated heterocycles. The second-order valence-electron chi connectivity index (χ2n) is 9.47. The van der Waals surface area contributed by atoms with Gasteiger partial charge >= 0.3 is 0 Å². The standard InChI is InChI=1S/C31H31ClN4O2S2/c1-3-39-30(27-19-20-33-31(35-27)34-22-11-5-4-6-12-22)21(2)38-28-18-17-26(23-13-7-8-14-24(23)28)36-40(37)29-16-10-9-15-25(29)32/h3,7-10,13-20,22,36H,1,4-6,11-12H2,2H3,(H,33,34,35)/b30-21+. The number of benzene rings is 3. The molecule has 1 aromatic heterocycles. The summed E-state index contributed by atoms with van der Waals surface area (Å²) in [6, 6.07) is 21.0. The fourth-order valence-electron chi connectivity index (χ4n) is 4.80. The summed E-state index contributed by atoms with van der Waals surface area (Å²) in [5.74, 6) is 2.00. The number of thioether (sulfide) groups is 1. The monoisotopic (exact) mass is 590 g/mol. The van der Waals surface area contributed by atoms with Gasteiger partial charge in [0.2, 0.25) is 5.95 Å². The minimum absolute atomic E-state index is 0.409. The second kappa shape index (κ2) is 13.4. The molecular weight excluding hydrogens is 560 g/mol. The Bertz CT molecular complexity index is 1570. The highest BCUT2D eigenvalue weighted by atomic mass is 35.5. The van der Waals surface area contributed by atoms with E-state index < -0.39 is 11.0 Å². The van der Waals surface area contributed by atoms with E-state index in [0.717, 1.165) is 39.9 Å². The van der Waals surface area contributed by atoms with Crippen molar-refractivity contribution in [2.24, 2.45) is 0 Å². The lowest BCUT2D eigenvalue weighted by Crippen LogP contribution is -2.23. The smallest absolute Gasteiger partial charge is 0.223 e. The van der Waals surface area contributed by atoms with E-state index in [2.05, 4.69) is 21.6 Å². The summed E-state index contributed by atoms with van der Waals surface area (Å²) in [7, 11) is -1.53. The quantitative estimate of drug-likeness (QED) is 0.180. The van der Waals surface area contributed by atoms with E-state index in [1.54, 1.807) is 23.7 Å². The summed E-state index contributed by atoms with van der Waals surface area (Å²) in [4.78, 5) is 10.7. The van der Waals surface area contributed by atoms with E-state index >= 15 is 0 Å². The molecule has 1 fully saturated rings. The molecule has 5 rings (SSSR count). The lowest BCUT2D eigenvalue weighted by atomic mass is 9.96. The third-order valence-corrected chi connectivity index (χ3v) is 9.24. The summed E-state index contributed by atoms with van der Waals surface area (Å²) < 4.78 is 22.6. The van der Waals surface area contributed by atoms with Gasteiger partial charge in [0.15, 0.2) is 11.0 Å². The van der Waals surface area contributed by atoms with Gasteiger partial charge in [0.25, 0.3) is 0 Å². The molecule has 2 N–H and O–H groups in total. The third-order valence-electron chi connectivity index (χ3n) is 6.73. The number of anilines is 2. The minimum Gasteiger partial charge on any atom is -0.460 e. The van der Waals surface area contributed by atoms with Crippen molar-refractivity contribution in [3.8, 4) is 5.75 Å². The summed E-state index contributed by atoms with van der Waals surface area (Å²) in [6.45, 7) is 5.85. The van der Waals surface area contributed by atoms with Gasteiger partial charge in [-0.1, -0.05) is 85.6 Å². The van der Waals surface area contributed by atoms with Crippen molar-refractivity contribution >= 4 is 61.7 Å². The molecule has 1 saturated carbocycles. The Labute approximate surface area is 246 Å². The molecule has 0 bridgehead atoms. The van der Waals surface area contributed by atoms with Crippen LogP contribution in [0.2, 0.25) is 5.02 Å². The van der Waals surface area contributed by atoms with Crippen LogP contribution in [0.3, 0.4) is 0 Å². The van der Waals surface area contributed by atoms with Crippen molar-refractivity contribution in [2.45, 2.75) is 50.0 Å². The molecule has 6 nitrogen and oxygen atoms in total. The number of rotatable bonds is 10. The summed E-state index contributed by atoms with van der Waals surface area (Å²) in [6.07, 6.45) is 7.83. The van der Waals surface area contributed by atoms with Crippen LogP contribution >= 0.6 is 23.4 Å². The van der Waals surface area contributed by atoms with Gasteiger partial charge in [-0.2, -0.15) is 0 Å². The van der Waals surface area contributed by atoms with Crippen LogP contribution in [0.25, 0.3) is 15.7 Å². The lowest BCUT2D eigenvalue weighted by molar-refractivity contribution is 0.437. The normalized spacial score (nSPS) is 15.2. The van der Waals surface area contributed by atoms with Gasteiger partial charge in [0.1, 0.15) is 11.5 Å². The molecule has 3 aromatic carbocycles. The topological polar surface area (TPSA) is 76.1 Å². The van der Waals surface area contributed by atoms with Gasteiger partial charge in [0.05, 0.1) is 26.2 Å². The van der Waals surface area contributed by atoms with Crippen molar-refractivity contribution < 1.29 is 8.95 Å². The molecule has 1 aliphatic rings. The van der Waals surface area contributed by atoms with Gasteiger partial charge in [-0.15, -0.1) is 0 Å². The van der Waals surface area contributed by atoms with Gasteiger partial charge in [-0.3, -0.25) is 0 Å². The number of fused-ring (bicyclic) bond motifs is 1. The van der Waals surface area contributed by atoms with E-state index in [-0.39, 0.29) is 0 Å². The number of hydrogen-bond donors (Lipinski definition) is 2. The Morgan fingerprint density at radius 3 is 2.58 bits per heavy atom. The Balaban J connectivity index is 1.43. The van der Waals surface area contributed by atoms with Gasteiger partial charge in [0, 0.05) is 23.0 Å². The van der Waals surface area contributed by atoms with Crippen molar-refractivity contribution in [3.63, 3.8) is 0 Å². The predicted molar refractivity (Wildman–Crippen MR) is 169 cm³/mol. The van der Waals surface area contributed by atoms with Crippen LogP contribution in [0.5, 0.6) is 5.75 Å². The molecule has 1 atom stereocenters. The van der Waals surface area contributed by atoms with Crippen LogP contribution in [-0.4, -0.2) is 20.2 Å². The van der Waals surface area contributed by atoms with Crippen molar-refractivity contribution in [1.82, 2.24) is 9.97 Å². The van der Waals surface area contributed by atoms with Crippen LogP contribution in [-0.2, 0) is 11.0 Å². The molecule has 0 radical (unpaired) electrons. The predicted octanol–water partition coefficient (Wildman–Crippen LogP) is 8.81. The summed E-state index contributed by atoms with van der Waals surface area (Å²) in [5.41, 5.74) is 1.49. The maximum absolute atomic E-state index is 13.1. The average Bonchev–Trinajstić information content (AvgIpc) is 2.98. The number of nitrogens with zero attached hydrogens (tertiary/aromatic N) is 2. The summed E-state index contributed by atoms with van der Waals surface area (Å²) >= 11 is 7.73. The number of aromatic nitrogens is 2. The third kappa shape index (κ3) is 6.69. The van der Waals surface area contributed by atoms with E-state index in [4.69, 9.17) is 21.3 Å². The molecule has 0 spiro atoms. The highest BCUT2D eigenvalue weighted by Gasteiger charge is 2.17. The number of halogens is 1. The fourth-order valence-corrected chi connectivity index (χ4v) is 6.69. The number of hydrogen-bond acceptors (Lipinski definition) is 6. The first-order valence-corrected chi connectivity index (χ1v) is 15.6. The molecule has 206 valence electrons. The molecule has 1 unspecified atom stereocenters. The maximum atomic E-state index is 13.1. The van der Waals surface area contributed by atoms with Crippen molar-refractivity contribution in [2.75, 3.05) is 10.0 Å². The van der Waals surface area contributed by atoms with Crippen molar-refractivity contribution in [1.29, 1.82) is 0 Å². The van der Waals surface area contributed by atoms with E-state index in [9.17, 15) is 4.21 Å². The molecule has 1 heterocycles. The summed E-state index contributed by atoms with van der Waals surface area (Å²) in [5, 5.41) is 7.49. The van der Waals surface area contributed by atoms with Crippen molar-refractivity contribution in [3.05, 3.63) is 101 Å². The molecule has 4 aromatic rings. The molecule has 9 heteroatoms. The Kier molecular flexibility index (Phi) is 9.41. The molecule has 1 aliphatic carbocycles. The average molecular weight is 591 g/mol. The number of ether oxygens (including phenoxy) is 1. The fraction of sp³-hybridized carbons (Fsp3) is 0.226. The number of allylic oxidation sites excluding steroid dienone is 1. The zero-order valence-corrected chi connectivity index (χ0v) is 24.6. The molecule has 0 aliphatic heterocycles. The largest absolute Gasteiger partial charge is 0.460 e. The van der Waals surface area contributed by atoms with Crippen LogP contribution in [0.15, 0.2) is 95.6 Å². The van der Waals surface area contributed by atoms with Crippen LogP contribution in [0.4, 0.5) is 11.6 Å². The van der Waals surface area contributed by atoms with Gasteiger partial charge < -0.3 is 14.8 Å². The van der Waals surface area contributed by atoms with Crippen LogP contribution in [0, 0.1) is 0 Å². The highest BCUT2D eigenvalue weighted by molar-refractivity contribution is 8.10. The zero-order valence-electron chi connectivity index (χ0n) is 22.2. The first kappa shape index (κ1) is 28.2. The Morgan fingerprint density at radius 2 is 1.80 bits per heavy atom. The van der Waals surface area contributed by atoms with Gasteiger partial charge in [-0.05, 0) is 55.5 Å². The highest BCUT2D eigenvalue weighted by Crippen LogP contribution is 2.37.